The maximum absolute atomic E-state index is 6.61. The van der Waals surface area contributed by atoms with E-state index in [1.54, 1.807) is 0 Å². The van der Waals surface area contributed by atoms with Gasteiger partial charge in [0.15, 0.2) is 0 Å². The number of benzene rings is 1. The molecule has 6 aliphatic rings. The van der Waals surface area contributed by atoms with Crippen LogP contribution in [0.25, 0.3) is 0 Å². The second-order valence-corrected chi connectivity index (χ2v) is 9.32. The normalized spacial score (nSPS) is 45.7. The summed E-state index contributed by atoms with van der Waals surface area (Å²) in [6.45, 7) is 0. The van der Waals surface area contributed by atoms with Crippen LogP contribution in [0.3, 0.4) is 0 Å². The molecule has 2 saturated carbocycles. The van der Waals surface area contributed by atoms with Gasteiger partial charge in [-0.3, -0.25) is 0 Å². The molecule has 124 valence electrons. The Morgan fingerprint density at radius 2 is 1.38 bits per heavy atom. The van der Waals surface area contributed by atoms with Crippen LogP contribution in [-0.2, 0) is 0 Å². The predicted octanol–water partition coefficient (Wildman–Crippen LogP) is 6.53. The number of nitrogens with zero attached hydrogens (tertiary/aromatic N) is 2. The molecule has 8 atom stereocenters. The SMILES string of the molecule is Clc1c(Cl)c(Cl)c2c(c1Cl)[C@H]1C[C@H]2[C@H]2[C@H]3N=N[C@@H]([C@@H]4CC=C[C@H]43)[C@H]21. The summed E-state index contributed by atoms with van der Waals surface area (Å²) >= 11 is 25.9. The molecule has 0 amide bonds. The van der Waals surface area contributed by atoms with E-state index in [2.05, 4.69) is 12.2 Å². The molecule has 4 bridgehead atoms. The molecule has 2 nitrogen and oxygen atoms in total. The molecule has 0 spiro atoms. The molecule has 2 heterocycles. The highest BCUT2D eigenvalue weighted by atomic mass is 35.5. The second-order valence-electron chi connectivity index (χ2n) is 7.80. The Hall–Kier alpha value is -0.280. The summed E-state index contributed by atoms with van der Waals surface area (Å²) in [6, 6.07) is 0.601. The van der Waals surface area contributed by atoms with Crippen molar-refractivity contribution in [2.45, 2.75) is 36.8 Å². The Balaban J connectivity index is 1.57. The quantitative estimate of drug-likeness (QED) is 0.269. The third-order valence-electron chi connectivity index (χ3n) is 7.18. The summed E-state index contributed by atoms with van der Waals surface area (Å²) in [5, 5.41) is 11.4. The lowest BCUT2D eigenvalue weighted by molar-refractivity contribution is 0.0539. The Morgan fingerprint density at radius 1 is 0.792 bits per heavy atom. The first-order chi connectivity index (χ1) is 11.6. The minimum Gasteiger partial charge on any atom is -0.190 e. The first kappa shape index (κ1) is 14.8. The van der Waals surface area contributed by atoms with Gasteiger partial charge >= 0.3 is 0 Å². The summed E-state index contributed by atoms with van der Waals surface area (Å²) < 4.78 is 0. The van der Waals surface area contributed by atoms with Gasteiger partial charge in [0.05, 0.1) is 32.2 Å². The van der Waals surface area contributed by atoms with Crippen LogP contribution in [0.2, 0.25) is 20.1 Å². The topological polar surface area (TPSA) is 24.7 Å². The first-order valence-electron chi connectivity index (χ1n) is 8.52. The highest BCUT2D eigenvalue weighted by Gasteiger charge is 2.65. The molecule has 4 aliphatic carbocycles. The molecular formula is C18H14Cl4N2. The number of allylic oxidation sites excluding steroid dienone is 1. The van der Waals surface area contributed by atoms with Crippen molar-refractivity contribution in [2.24, 2.45) is 33.9 Å². The van der Waals surface area contributed by atoms with E-state index in [1.165, 1.54) is 0 Å². The van der Waals surface area contributed by atoms with E-state index < -0.39 is 0 Å². The molecule has 0 aromatic heterocycles. The summed E-state index contributed by atoms with van der Waals surface area (Å²) in [5.41, 5.74) is 2.29. The molecule has 0 saturated heterocycles. The van der Waals surface area contributed by atoms with Gasteiger partial charge in [0.25, 0.3) is 0 Å². The molecule has 24 heavy (non-hydrogen) atoms. The number of fused-ring (bicyclic) bond motifs is 5. The van der Waals surface area contributed by atoms with Crippen molar-refractivity contribution in [2.75, 3.05) is 0 Å². The summed E-state index contributed by atoms with van der Waals surface area (Å²) in [7, 11) is 0. The largest absolute Gasteiger partial charge is 0.190 e. The minimum absolute atomic E-state index is 0.288. The molecular weight excluding hydrogens is 386 g/mol. The number of azo groups is 1. The van der Waals surface area contributed by atoms with Crippen LogP contribution < -0.4 is 0 Å². The van der Waals surface area contributed by atoms with Gasteiger partial charge in [-0.05, 0) is 53.6 Å². The Bertz CT molecular complexity index is 848. The fourth-order valence-corrected chi connectivity index (χ4v) is 7.67. The van der Waals surface area contributed by atoms with Crippen LogP contribution in [-0.4, -0.2) is 12.1 Å². The van der Waals surface area contributed by atoms with Crippen molar-refractivity contribution in [1.82, 2.24) is 0 Å². The van der Waals surface area contributed by atoms with Crippen molar-refractivity contribution in [3.05, 3.63) is 43.4 Å². The smallest absolute Gasteiger partial charge is 0.0811 e. The van der Waals surface area contributed by atoms with Crippen molar-refractivity contribution in [1.29, 1.82) is 0 Å². The lowest BCUT2D eigenvalue weighted by Gasteiger charge is -2.51. The van der Waals surface area contributed by atoms with Gasteiger partial charge in [-0.2, -0.15) is 10.2 Å². The van der Waals surface area contributed by atoms with Gasteiger partial charge in [0.1, 0.15) is 0 Å². The maximum Gasteiger partial charge on any atom is 0.0811 e. The van der Waals surface area contributed by atoms with Crippen molar-refractivity contribution < 1.29 is 0 Å². The molecule has 1 aromatic rings. The summed E-state index contributed by atoms with van der Waals surface area (Å²) in [6.07, 6.45) is 6.90. The van der Waals surface area contributed by atoms with E-state index in [0.717, 1.165) is 24.0 Å². The zero-order chi connectivity index (χ0) is 16.3. The Labute approximate surface area is 160 Å². The fraction of sp³-hybridized carbons (Fsp3) is 0.556. The Morgan fingerprint density at radius 3 is 2.04 bits per heavy atom. The van der Waals surface area contributed by atoms with Gasteiger partial charge in [-0.25, -0.2) is 0 Å². The third kappa shape index (κ3) is 1.50. The lowest BCUT2D eigenvalue weighted by atomic mass is 9.57. The minimum atomic E-state index is 0.288. The highest BCUT2D eigenvalue weighted by Crippen LogP contribution is 2.70. The summed E-state index contributed by atoms with van der Waals surface area (Å²) in [5.74, 6) is 2.98. The third-order valence-corrected chi connectivity index (χ3v) is 9.01. The zero-order valence-electron chi connectivity index (χ0n) is 12.6. The van der Waals surface area contributed by atoms with Gasteiger partial charge in [0, 0.05) is 5.92 Å². The molecule has 7 rings (SSSR count). The van der Waals surface area contributed by atoms with Crippen LogP contribution in [0.4, 0.5) is 0 Å². The first-order valence-corrected chi connectivity index (χ1v) is 10.0. The molecule has 2 fully saturated rings. The van der Waals surface area contributed by atoms with E-state index in [0.29, 0.717) is 61.6 Å². The monoisotopic (exact) mass is 398 g/mol. The average Bonchev–Trinajstić information content (AvgIpc) is 3.31. The van der Waals surface area contributed by atoms with E-state index in [1.807, 2.05) is 0 Å². The standard InChI is InChI=1S/C18H14Cl4N2/c19-13-9-7-4-8(10(9)14(20)16(22)15(13)21)12-11(7)17-5-2-1-3-6(5)18(12)24-23-17/h1-2,5-8,11-12,17-18H,3-4H2/t5-,6-,7-,8-,11-,12+,17+,18+/m1/s1. The Kier molecular flexibility index (Phi) is 2.91. The molecule has 2 aliphatic heterocycles. The van der Waals surface area contributed by atoms with Crippen molar-refractivity contribution >= 4 is 46.4 Å². The number of rotatable bonds is 0. The van der Waals surface area contributed by atoms with Crippen LogP contribution >= 0.6 is 46.4 Å². The number of hydrogen-bond acceptors (Lipinski definition) is 2. The van der Waals surface area contributed by atoms with E-state index in [4.69, 9.17) is 56.6 Å². The average molecular weight is 400 g/mol. The van der Waals surface area contributed by atoms with Gasteiger partial charge in [0.2, 0.25) is 0 Å². The second kappa shape index (κ2) is 4.71. The van der Waals surface area contributed by atoms with Crippen LogP contribution in [0.5, 0.6) is 0 Å². The molecule has 0 radical (unpaired) electrons. The van der Waals surface area contributed by atoms with Gasteiger partial charge in [-0.15, -0.1) is 0 Å². The van der Waals surface area contributed by atoms with E-state index in [9.17, 15) is 0 Å². The number of hydrogen-bond donors (Lipinski definition) is 0. The molecule has 6 heteroatoms. The zero-order valence-corrected chi connectivity index (χ0v) is 15.6. The molecule has 0 unspecified atom stereocenters. The number of halogens is 4. The maximum atomic E-state index is 6.61. The highest BCUT2D eigenvalue weighted by molar-refractivity contribution is 6.52. The van der Waals surface area contributed by atoms with Crippen molar-refractivity contribution in [3.63, 3.8) is 0 Å². The van der Waals surface area contributed by atoms with Crippen LogP contribution in [0, 0.1) is 23.7 Å². The van der Waals surface area contributed by atoms with Crippen LogP contribution in [0.1, 0.15) is 35.8 Å². The van der Waals surface area contributed by atoms with E-state index in [-0.39, 0.29) is 6.04 Å². The summed E-state index contributed by atoms with van der Waals surface area (Å²) in [4.78, 5) is 0. The van der Waals surface area contributed by atoms with Gasteiger partial charge in [-0.1, -0.05) is 58.6 Å². The molecule has 0 N–H and O–H groups in total. The van der Waals surface area contributed by atoms with Gasteiger partial charge < -0.3 is 0 Å². The van der Waals surface area contributed by atoms with Crippen LogP contribution in [0.15, 0.2) is 22.4 Å². The lowest BCUT2D eigenvalue weighted by Crippen LogP contribution is -2.53. The van der Waals surface area contributed by atoms with E-state index >= 15 is 0 Å². The van der Waals surface area contributed by atoms with Crippen molar-refractivity contribution in [3.8, 4) is 0 Å². The fourth-order valence-electron chi connectivity index (χ4n) is 6.51. The molecule has 1 aromatic carbocycles. The predicted molar refractivity (Wildman–Crippen MR) is 96.7 cm³/mol.